The van der Waals surface area contributed by atoms with Crippen molar-refractivity contribution >= 4 is 23.4 Å². The molecule has 8 heteroatoms. The summed E-state index contributed by atoms with van der Waals surface area (Å²) in [5.74, 6) is 2.29. The monoisotopic (exact) mass is 431 g/mol. The summed E-state index contributed by atoms with van der Waals surface area (Å²) >= 11 is 1.51. The normalized spacial score (nSPS) is 14.5. The number of carbonyl (C=O) groups is 1. The maximum absolute atomic E-state index is 12.5. The lowest BCUT2D eigenvalue weighted by Gasteiger charge is -2.26. The molecular weight excluding hydrogens is 398 g/mol. The molecule has 1 aliphatic carbocycles. The Hall–Kier alpha value is -2.22. The molecular formula is C22H33N5O2S. The van der Waals surface area contributed by atoms with E-state index in [2.05, 4.69) is 20.1 Å². The summed E-state index contributed by atoms with van der Waals surface area (Å²) in [6.45, 7) is 6.08. The van der Waals surface area contributed by atoms with Gasteiger partial charge in [-0.1, -0.05) is 37.1 Å². The van der Waals surface area contributed by atoms with Gasteiger partial charge in [-0.15, -0.1) is 10.2 Å². The van der Waals surface area contributed by atoms with Gasteiger partial charge in [0.25, 0.3) is 0 Å². The molecule has 1 aromatic heterocycles. The molecule has 1 aliphatic rings. The summed E-state index contributed by atoms with van der Waals surface area (Å²) in [7, 11) is 1.67. The highest BCUT2D eigenvalue weighted by Crippen LogP contribution is 2.33. The minimum Gasteiger partial charge on any atom is -0.497 e. The highest BCUT2D eigenvalue weighted by molar-refractivity contribution is 7.99. The Morgan fingerprint density at radius 1 is 1.23 bits per heavy atom. The predicted molar refractivity (Wildman–Crippen MR) is 121 cm³/mol. The van der Waals surface area contributed by atoms with Gasteiger partial charge in [-0.05, 0) is 38.8 Å². The topological polar surface area (TPSA) is 72.3 Å². The van der Waals surface area contributed by atoms with Crippen LogP contribution >= 0.6 is 11.8 Å². The van der Waals surface area contributed by atoms with Gasteiger partial charge in [0.05, 0.1) is 19.4 Å². The van der Waals surface area contributed by atoms with E-state index < -0.39 is 0 Å². The Kier molecular flexibility index (Phi) is 8.42. The first-order valence-electron chi connectivity index (χ1n) is 10.9. The van der Waals surface area contributed by atoms with Gasteiger partial charge >= 0.3 is 0 Å². The second kappa shape index (κ2) is 11.2. The molecule has 0 unspecified atom stereocenters. The summed E-state index contributed by atoms with van der Waals surface area (Å²) < 4.78 is 7.58. The minimum atomic E-state index is 0.152. The molecule has 7 nitrogen and oxygen atoms in total. The van der Waals surface area contributed by atoms with Crippen LogP contribution in [0, 0.1) is 0 Å². The summed E-state index contributed by atoms with van der Waals surface area (Å²) in [6.07, 6.45) is 6.03. The van der Waals surface area contributed by atoms with E-state index in [0.29, 0.717) is 18.3 Å². The van der Waals surface area contributed by atoms with E-state index in [1.807, 2.05) is 43.0 Å². The van der Waals surface area contributed by atoms with Gasteiger partial charge in [0.2, 0.25) is 5.91 Å². The Bertz CT molecular complexity index is 816. The summed E-state index contributed by atoms with van der Waals surface area (Å²) in [5, 5.41) is 13.2. The van der Waals surface area contributed by atoms with Crippen LogP contribution in [-0.4, -0.2) is 51.5 Å². The number of anilines is 1. The van der Waals surface area contributed by atoms with E-state index in [1.54, 1.807) is 7.11 Å². The maximum atomic E-state index is 12.5. The molecule has 1 amide bonds. The van der Waals surface area contributed by atoms with Crippen LogP contribution < -0.4 is 10.1 Å². The van der Waals surface area contributed by atoms with Gasteiger partial charge in [0, 0.05) is 30.9 Å². The fourth-order valence-electron chi connectivity index (χ4n) is 3.94. The average Bonchev–Trinajstić information content (AvgIpc) is 3.20. The molecule has 164 valence electrons. The number of carbonyl (C=O) groups excluding carboxylic acids is 1. The van der Waals surface area contributed by atoms with Crippen LogP contribution in [0.4, 0.5) is 5.69 Å². The fraction of sp³-hybridized carbons (Fsp3) is 0.591. The molecule has 1 fully saturated rings. The van der Waals surface area contributed by atoms with E-state index in [4.69, 9.17) is 4.74 Å². The first kappa shape index (κ1) is 22.5. The number of benzene rings is 1. The van der Waals surface area contributed by atoms with Crippen LogP contribution in [0.5, 0.6) is 5.75 Å². The highest BCUT2D eigenvalue weighted by atomic mass is 32.2. The Morgan fingerprint density at radius 2 is 2.00 bits per heavy atom. The smallest absolute Gasteiger partial charge is 0.233 e. The van der Waals surface area contributed by atoms with Crippen LogP contribution in [-0.2, 0) is 11.3 Å². The predicted octanol–water partition coefficient (Wildman–Crippen LogP) is 4.36. The van der Waals surface area contributed by atoms with E-state index in [1.165, 1.54) is 31.0 Å². The van der Waals surface area contributed by atoms with E-state index >= 15 is 0 Å². The standard InChI is InChI=1S/C22H33N5O2S/c1-4-26(5-2)21(28)16-30-22-25-24-20(27(22)18-11-7-6-8-12-18)15-23-17-10-9-13-19(14-17)29-3/h9-10,13-14,18,23H,4-8,11-12,15-16H2,1-3H3. The van der Waals surface area contributed by atoms with Crippen molar-refractivity contribution in [3.8, 4) is 5.75 Å². The number of amides is 1. The molecule has 3 rings (SSSR count). The Morgan fingerprint density at radius 3 is 2.70 bits per heavy atom. The zero-order chi connectivity index (χ0) is 21.3. The van der Waals surface area contributed by atoms with Crippen LogP contribution in [0.2, 0.25) is 0 Å². The molecule has 30 heavy (non-hydrogen) atoms. The third-order valence-electron chi connectivity index (χ3n) is 5.64. The number of nitrogens with zero attached hydrogens (tertiary/aromatic N) is 4. The quantitative estimate of drug-likeness (QED) is 0.564. The van der Waals surface area contributed by atoms with Crippen LogP contribution in [0.1, 0.15) is 57.8 Å². The molecule has 1 aromatic carbocycles. The number of hydrogen-bond donors (Lipinski definition) is 1. The van der Waals surface area contributed by atoms with E-state index in [9.17, 15) is 4.79 Å². The third kappa shape index (κ3) is 5.68. The third-order valence-corrected chi connectivity index (χ3v) is 6.56. The summed E-state index contributed by atoms with van der Waals surface area (Å²) in [6, 6.07) is 8.29. The Balaban J connectivity index is 1.74. The minimum absolute atomic E-state index is 0.152. The van der Waals surface area contributed by atoms with Crippen molar-refractivity contribution in [2.75, 3.05) is 31.3 Å². The van der Waals surface area contributed by atoms with E-state index in [-0.39, 0.29) is 5.91 Å². The van der Waals surface area contributed by atoms with Gasteiger partial charge in [0.15, 0.2) is 11.0 Å². The number of nitrogens with one attached hydrogen (secondary N) is 1. The molecule has 1 saturated carbocycles. The molecule has 0 bridgehead atoms. The average molecular weight is 432 g/mol. The van der Waals surface area contributed by atoms with E-state index in [0.717, 1.165) is 48.3 Å². The molecule has 0 spiro atoms. The SMILES string of the molecule is CCN(CC)C(=O)CSc1nnc(CNc2cccc(OC)c2)n1C1CCCCC1. The van der Waals surface area contributed by atoms with Gasteiger partial charge in [0.1, 0.15) is 5.75 Å². The number of rotatable bonds is 10. The highest BCUT2D eigenvalue weighted by Gasteiger charge is 2.24. The van der Waals surface area contributed by atoms with Crippen molar-refractivity contribution in [1.29, 1.82) is 0 Å². The maximum Gasteiger partial charge on any atom is 0.233 e. The molecule has 0 saturated heterocycles. The van der Waals surface area contributed by atoms with Crippen molar-refractivity contribution in [3.63, 3.8) is 0 Å². The van der Waals surface area contributed by atoms with Crippen LogP contribution in [0.15, 0.2) is 29.4 Å². The summed E-state index contributed by atoms with van der Waals surface area (Å²) in [4.78, 5) is 14.3. The second-order valence-electron chi connectivity index (χ2n) is 7.50. The van der Waals surface area contributed by atoms with Crippen molar-refractivity contribution in [2.45, 2.75) is 63.7 Å². The molecule has 0 atom stereocenters. The van der Waals surface area contributed by atoms with Gasteiger partial charge in [-0.25, -0.2) is 0 Å². The van der Waals surface area contributed by atoms with Crippen molar-refractivity contribution in [1.82, 2.24) is 19.7 Å². The first-order chi connectivity index (χ1) is 14.7. The molecule has 0 radical (unpaired) electrons. The van der Waals surface area contributed by atoms with Crippen LogP contribution in [0.25, 0.3) is 0 Å². The zero-order valence-electron chi connectivity index (χ0n) is 18.3. The van der Waals surface area contributed by atoms with Gasteiger partial charge < -0.3 is 19.5 Å². The van der Waals surface area contributed by atoms with Crippen molar-refractivity contribution in [3.05, 3.63) is 30.1 Å². The molecule has 1 heterocycles. The number of aromatic nitrogens is 3. The fourth-order valence-corrected chi connectivity index (χ4v) is 4.87. The largest absolute Gasteiger partial charge is 0.497 e. The Labute approximate surface area is 183 Å². The number of hydrogen-bond acceptors (Lipinski definition) is 6. The van der Waals surface area contributed by atoms with Gasteiger partial charge in [-0.2, -0.15) is 0 Å². The summed E-state index contributed by atoms with van der Waals surface area (Å²) in [5.41, 5.74) is 0.985. The lowest BCUT2D eigenvalue weighted by Crippen LogP contribution is -2.32. The zero-order valence-corrected chi connectivity index (χ0v) is 19.1. The number of methoxy groups -OCH3 is 1. The van der Waals surface area contributed by atoms with Crippen LogP contribution in [0.3, 0.4) is 0 Å². The van der Waals surface area contributed by atoms with Crippen molar-refractivity contribution in [2.24, 2.45) is 0 Å². The number of thioether (sulfide) groups is 1. The molecule has 0 aliphatic heterocycles. The molecule has 2 aromatic rings. The molecule has 1 N–H and O–H groups in total. The lowest BCUT2D eigenvalue weighted by molar-refractivity contribution is -0.127. The van der Waals surface area contributed by atoms with Gasteiger partial charge in [-0.3, -0.25) is 4.79 Å². The van der Waals surface area contributed by atoms with Crippen molar-refractivity contribution < 1.29 is 9.53 Å². The lowest BCUT2D eigenvalue weighted by atomic mass is 9.95. The first-order valence-corrected chi connectivity index (χ1v) is 11.9. The number of ether oxygens (including phenoxy) is 1. The second-order valence-corrected chi connectivity index (χ2v) is 8.44.